The zero-order valence-electron chi connectivity index (χ0n) is 11.7. The summed E-state index contributed by atoms with van der Waals surface area (Å²) in [6.45, 7) is 2.02. The van der Waals surface area contributed by atoms with Crippen LogP contribution >= 0.6 is 12.4 Å². The van der Waals surface area contributed by atoms with Gasteiger partial charge in [0.1, 0.15) is 5.82 Å². The molecule has 21 heavy (non-hydrogen) atoms. The van der Waals surface area contributed by atoms with Gasteiger partial charge in [-0.05, 0) is 18.9 Å². The van der Waals surface area contributed by atoms with E-state index in [1.54, 1.807) is 18.2 Å². The number of carbonyl (C=O) groups is 1. The van der Waals surface area contributed by atoms with Crippen LogP contribution in [0.1, 0.15) is 24.8 Å². The zero-order valence-corrected chi connectivity index (χ0v) is 12.5. The fourth-order valence-electron chi connectivity index (χ4n) is 2.73. The Balaban J connectivity index is 0.00000161. The Morgan fingerprint density at radius 1 is 1.43 bits per heavy atom. The van der Waals surface area contributed by atoms with E-state index < -0.39 is 5.54 Å². The summed E-state index contributed by atoms with van der Waals surface area (Å²) < 4.78 is 19.2. The first kappa shape index (κ1) is 16.2. The number of nitrogens with one attached hydrogen (secondary N) is 2. The molecule has 1 saturated heterocycles. The number of benzene rings is 1. The first-order valence-electron chi connectivity index (χ1n) is 7.07. The van der Waals surface area contributed by atoms with Gasteiger partial charge in [0.15, 0.2) is 0 Å². The van der Waals surface area contributed by atoms with Gasteiger partial charge in [-0.1, -0.05) is 18.2 Å². The molecule has 1 heterocycles. The highest BCUT2D eigenvalue weighted by molar-refractivity contribution is 5.85. The fourth-order valence-corrected chi connectivity index (χ4v) is 2.73. The highest BCUT2D eigenvalue weighted by Crippen LogP contribution is 2.46. The summed E-state index contributed by atoms with van der Waals surface area (Å²) in [5.74, 6) is -0.293. The molecule has 6 heteroatoms. The van der Waals surface area contributed by atoms with Gasteiger partial charge < -0.3 is 15.4 Å². The first-order valence-corrected chi connectivity index (χ1v) is 7.07. The molecule has 1 aliphatic heterocycles. The minimum Gasteiger partial charge on any atom is -0.378 e. The van der Waals surface area contributed by atoms with Crippen LogP contribution in [0.4, 0.5) is 4.39 Å². The van der Waals surface area contributed by atoms with Gasteiger partial charge in [-0.25, -0.2) is 4.39 Å². The van der Waals surface area contributed by atoms with E-state index in [1.807, 2.05) is 0 Å². The second-order valence-corrected chi connectivity index (χ2v) is 5.54. The molecule has 0 spiro atoms. The number of ether oxygens (including phenoxy) is 1. The molecule has 3 rings (SSSR count). The predicted molar refractivity (Wildman–Crippen MR) is 79.9 cm³/mol. The number of halogens is 2. The highest BCUT2D eigenvalue weighted by Gasteiger charge is 2.47. The second kappa shape index (κ2) is 6.73. The van der Waals surface area contributed by atoms with Crippen molar-refractivity contribution >= 4 is 18.3 Å². The van der Waals surface area contributed by atoms with E-state index in [2.05, 4.69) is 10.6 Å². The second-order valence-electron chi connectivity index (χ2n) is 5.54. The highest BCUT2D eigenvalue weighted by atomic mass is 35.5. The number of hydrogen-bond donors (Lipinski definition) is 2. The van der Waals surface area contributed by atoms with Gasteiger partial charge in [0.05, 0.1) is 18.8 Å². The monoisotopic (exact) mass is 314 g/mol. The van der Waals surface area contributed by atoms with Gasteiger partial charge >= 0.3 is 0 Å². The summed E-state index contributed by atoms with van der Waals surface area (Å²) in [5.41, 5.74) is 0.110. The molecule has 1 atom stereocenters. The summed E-state index contributed by atoms with van der Waals surface area (Å²) in [7, 11) is 0. The molecule has 4 nitrogen and oxygen atoms in total. The molecule has 2 aliphatic rings. The lowest BCUT2D eigenvalue weighted by atomic mass is 10.0. The van der Waals surface area contributed by atoms with Crippen LogP contribution in [0.2, 0.25) is 0 Å². The maximum atomic E-state index is 13.9. The van der Waals surface area contributed by atoms with Crippen LogP contribution in [0, 0.1) is 5.82 Å². The molecule has 0 bridgehead atoms. The summed E-state index contributed by atoms with van der Waals surface area (Å²) in [5, 5.41) is 6.24. The number of amides is 1. The normalized spacial score (nSPS) is 23.0. The van der Waals surface area contributed by atoms with Gasteiger partial charge in [0, 0.05) is 24.6 Å². The summed E-state index contributed by atoms with van der Waals surface area (Å²) >= 11 is 0. The third kappa shape index (κ3) is 3.73. The maximum Gasteiger partial charge on any atom is 0.222 e. The van der Waals surface area contributed by atoms with Crippen molar-refractivity contribution in [2.24, 2.45) is 0 Å². The lowest BCUT2D eigenvalue weighted by Crippen LogP contribution is -2.46. The Hall–Kier alpha value is -1.17. The largest absolute Gasteiger partial charge is 0.378 e. The van der Waals surface area contributed by atoms with Crippen LogP contribution < -0.4 is 10.6 Å². The van der Waals surface area contributed by atoms with Crippen molar-refractivity contribution in [3.8, 4) is 0 Å². The van der Waals surface area contributed by atoms with Crippen LogP contribution in [0.5, 0.6) is 0 Å². The van der Waals surface area contributed by atoms with Crippen LogP contribution in [-0.2, 0) is 15.1 Å². The molecular weight excluding hydrogens is 295 g/mol. The summed E-state index contributed by atoms with van der Waals surface area (Å²) in [6, 6.07) is 6.73. The van der Waals surface area contributed by atoms with Gasteiger partial charge in [-0.15, -0.1) is 12.4 Å². The Kier molecular flexibility index (Phi) is 5.19. The van der Waals surface area contributed by atoms with E-state index in [-0.39, 0.29) is 30.2 Å². The van der Waals surface area contributed by atoms with E-state index in [1.165, 1.54) is 6.07 Å². The Bertz CT molecular complexity index is 502. The van der Waals surface area contributed by atoms with Gasteiger partial charge in [0.2, 0.25) is 5.91 Å². The average Bonchev–Trinajstić information content (AvgIpc) is 3.20. The molecular formula is C15H20ClFN2O2. The van der Waals surface area contributed by atoms with Crippen molar-refractivity contribution < 1.29 is 13.9 Å². The summed E-state index contributed by atoms with van der Waals surface area (Å²) in [4.78, 5) is 12.1. The van der Waals surface area contributed by atoms with Crippen molar-refractivity contribution in [1.82, 2.24) is 10.6 Å². The standard InChI is InChI=1S/C15H19FN2O2.ClH/c16-13-4-2-1-3-12(13)15(5-6-15)18-14(19)9-11-10-20-8-7-17-11;/h1-4,11,17H,5-10H2,(H,18,19);1H. The van der Waals surface area contributed by atoms with Crippen molar-refractivity contribution in [3.63, 3.8) is 0 Å². The molecule has 0 aromatic heterocycles. The third-order valence-corrected chi connectivity index (χ3v) is 3.95. The molecule has 1 saturated carbocycles. The van der Waals surface area contributed by atoms with E-state index in [0.29, 0.717) is 25.2 Å². The van der Waals surface area contributed by atoms with Gasteiger partial charge in [-0.2, -0.15) is 0 Å². The van der Waals surface area contributed by atoms with Gasteiger partial charge in [0.25, 0.3) is 0 Å². The third-order valence-electron chi connectivity index (χ3n) is 3.95. The van der Waals surface area contributed by atoms with Crippen LogP contribution in [-0.4, -0.2) is 31.7 Å². The van der Waals surface area contributed by atoms with E-state index in [0.717, 1.165) is 19.4 Å². The van der Waals surface area contributed by atoms with Crippen molar-refractivity contribution in [3.05, 3.63) is 35.6 Å². The quantitative estimate of drug-likeness (QED) is 0.890. The lowest BCUT2D eigenvalue weighted by Gasteiger charge is -2.25. The minimum absolute atomic E-state index is 0. The number of hydrogen-bond acceptors (Lipinski definition) is 3. The first-order chi connectivity index (χ1) is 9.70. The Morgan fingerprint density at radius 2 is 2.19 bits per heavy atom. The zero-order chi connectivity index (χ0) is 14.0. The van der Waals surface area contributed by atoms with Crippen LogP contribution in [0.3, 0.4) is 0 Å². The maximum absolute atomic E-state index is 13.9. The SMILES string of the molecule is Cl.O=C(CC1COCCN1)NC1(c2ccccc2F)CC1. The molecule has 0 radical (unpaired) electrons. The number of carbonyl (C=O) groups excluding carboxylic acids is 1. The van der Waals surface area contributed by atoms with E-state index in [4.69, 9.17) is 4.74 Å². The molecule has 2 N–H and O–H groups in total. The molecule has 2 fully saturated rings. The molecule has 1 unspecified atom stereocenters. The number of morpholine rings is 1. The van der Waals surface area contributed by atoms with Crippen molar-refractivity contribution in [1.29, 1.82) is 0 Å². The average molecular weight is 315 g/mol. The minimum atomic E-state index is -0.488. The molecule has 1 aliphatic carbocycles. The van der Waals surface area contributed by atoms with Crippen LogP contribution in [0.15, 0.2) is 24.3 Å². The smallest absolute Gasteiger partial charge is 0.222 e. The summed E-state index contributed by atoms with van der Waals surface area (Å²) in [6.07, 6.45) is 1.97. The topological polar surface area (TPSA) is 50.4 Å². The lowest BCUT2D eigenvalue weighted by molar-refractivity contribution is -0.123. The molecule has 116 valence electrons. The molecule has 1 amide bonds. The molecule has 1 aromatic rings. The van der Waals surface area contributed by atoms with Gasteiger partial charge in [-0.3, -0.25) is 4.79 Å². The predicted octanol–water partition coefficient (Wildman–Crippen LogP) is 1.73. The molecule has 1 aromatic carbocycles. The Morgan fingerprint density at radius 3 is 2.81 bits per heavy atom. The van der Waals surface area contributed by atoms with E-state index in [9.17, 15) is 9.18 Å². The van der Waals surface area contributed by atoms with Crippen molar-refractivity contribution in [2.75, 3.05) is 19.8 Å². The van der Waals surface area contributed by atoms with Crippen LogP contribution in [0.25, 0.3) is 0 Å². The van der Waals surface area contributed by atoms with Crippen molar-refractivity contribution in [2.45, 2.75) is 30.8 Å². The Labute approximate surface area is 129 Å². The number of rotatable bonds is 4. The van der Waals surface area contributed by atoms with E-state index >= 15 is 0 Å². The fraction of sp³-hybridized carbons (Fsp3) is 0.533.